The van der Waals surface area contributed by atoms with Crippen LogP contribution in [0.4, 0.5) is 30.5 Å². The topological polar surface area (TPSA) is 102 Å². The molecule has 5 rings (SSSR count). The maximum Gasteiger partial charge on any atom is 0.433 e. The van der Waals surface area contributed by atoms with Crippen LogP contribution in [0.15, 0.2) is 24.4 Å². The number of hydrogen-bond acceptors (Lipinski definition) is 8. The maximum absolute atomic E-state index is 13.0. The van der Waals surface area contributed by atoms with Crippen LogP contribution in [0.1, 0.15) is 17.1 Å². The number of aromatic nitrogens is 4. The zero-order valence-corrected chi connectivity index (χ0v) is 15.9. The lowest BCUT2D eigenvalue weighted by molar-refractivity contribution is -0.141. The summed E-state index contributed by atoms with van der Waals surface area (Å²) >= 11 is 0. The molecule has 0 bridgehead atoms. The predicted octanol–water partition coefficient (Wildman–Crippen LogP) is 2.53. The Morgan fingerprint density at radius 2 is 2.07 bits per heavy atom. The van der Waals surface area contributed by atoms with E-state index in [1.54, 1.807) is 6.20 Å². The van der Waals surface area contributed by atoms with Crippen LogP contribution in [0.3, 0.4) is 0 Å². The van der Waals surface area contributed by atoms with E-state index in [1.807, 2.05) is 13.0 Å². The van der Waals surface area contributed by atoms with Gasteiger partial charge in [0, 0.05) is 29.2 Å². The van der Waals surface area contributed by atoms with E-state index < -0.39 is 11.9 Å². The molecular formula is C19H18F3N7O. The summed E-state index contributed by atoms with van der Waals surface area (Å²) in [6.45, 7) is 3.32. The standard InChI is InChI=1S/C19H18F3N7O/c1-9-13-6-24-17(29-7-15-14(29)8-30-15)4-12(13)18(28-27-9)25-5-11-2-10(23)3-16(26-11)19(20,21)22/h2-4,6,14-15H,5,7-8H2,1H3,(H2,23,26)(H,25,28)/t14?,15-/m0/s1. The molecule has 0 aliphatic carbocycles. The van der Waals surface area contributed by atoms with E-state index in [-0.39, 0.29) is 24.0 Å². The van der Waals surface area contributed by atoms with Crippen molar-refractivity contribution in [2.45, 2.75) is 31.8 Å². The lowest BCUT2D eigenvalue weighted by Gasteiger charge is -2.55. The van der Waals surface area contributed by atoms with Crippen molar-refractivity contribution in [3.8, 4) is 0 Å². The second-order valence-electron chi connectivity index (χ2n) is 7.44. The summed E-state index contributed by atoms with van der Waals surface area (Å²) in [7, 11) is 0. The van der Waals surface area contributed by atoms with Gasteiger partial charge < -0.3 is 20.7 Å². The smallest absolute Gasteiger partial charge is 0.399 e. The summed E-state index contributed by atoms with van der Waals surface area (Å²) in [5, 5.41) is 13.0. The van der Waals surface area contributed by atoms with Crippen molar-refractivity contribution >= 4 is 28.1 Å². The average Bonchev–Trinajstić information content (AvgIpc) is 2.68. The third-order valence-electron chi connectivity index (χ3n) is 5.44. The molecule has 8 nitrogen and oxygen atoms in total. The molecule has 0 spiro atoms. The molecule has 2 aliphatic rings. The third-order valence-corrected chi connectivity index (χ3v) is 5.44. The van der Waals surface area contributed by atoms with E-state index in [1.165, 1.54) is 6.07 Å². The van der Waals surface area contributed by atoms with Gasteiger partial charge in [0.25, 0.3) is 0 Å². The highest BCUT2D eigenvalue weighted by Gasteiger charge is 2.47. The highest BCUT2D eigenvalue weighted by molar-refractivity contribution is 5.94. The normalized spacial score (nSPS) is 20.5. The first-order chi connectivity index (χ1) is 14.3. The molecule has 11 heteroatoms. The van der Waals surface area contributed by atoms with Crippen molar-refractivity contribution in [3.05, 3.63) is 41.5 Å². The monoisotopic (exact) mass is 417 g/mol. The fourth-order valence-corrected chi connectivity index (χ4v) is 3.71. The van der Waals surface area contributed by atoms with Gasteiger partial charge in [-0.1, -0.05) is 0 Å². The zero-order chi connectivity index (χ0) is 21.0. The van der Waals surface area contributed by atoms with Gasteiger partial charge in [-0.25, -0.2) is 9.97 Å². The minimum atomic E-state index is -4.57. The number of nitrogens with one attached hydrogen (secondary N) is 1. The van der Waals surface area contributed by atoms with E-state index >= 15 is 0 Å². The molecule has 3 aromatic rings. The first kappa shape index (κ1) is 18.8. The van der Waals surface area contributed by atoms with Gasteiger partial charge in [-0.3, -0.25) is 0 Å². The highest BCUT2D eigenvalue weighted by Crippen LogP contribution is 2.36. The molecule has 0 saturated carbocycles. The largest absolute Gasteiger partial charge is 0.433 e. The summed E-state index contributed by atoms with van der Waals surface area (Å²) in [5.74, 6) is 1.25. The maximum atomic E-state index is 13.0. The Morgan fingerprint density at radius 3 is 2.73 bits per heavy atom. The van der Waals surface area contributed by atoms with Gasteiger partial charge in [-0.2, -0.15) is 18.3 Å². The van der Waals surface area contributed by atoms with Crippen LogP contribution in [0, 0.1) is 6.92 Å². The molecule has 0 amide bonds. The van der Waals surface area contributed by atoms with Crippen LogP contribution >= 0.6 is 0 Å². The Kier molecular flexibility index (Phi) is 4.17. The molecule has 3 aromatic heterocycles. The number of aryl methyl sites for hydroxylation is 1. The molecule has 30 heavy (non-hydrogen) atoms. The molecule has 2 atom stereocenters. The number of fused-ring (bicyclic) bond motifs is 2. The molecule has 1 unspecified atom stereocenters. The second kappa shape index (κ2) is 6.66. The number of ether oxygens (including phenoxy) is 1. The summed E-state index contributed by atoms with van der Waals surface area (Å²) in [5.41, 5.74) is 5.46. The Morgan fingerprint density at radius 1 is 1.23 bits per heavy atom. The SMILES string of the molecule is Cc1nnc(NCc2cc(N)cc(C(F)(F)F)n2)c2cc(N3C[C@@H]4OCC43)ncc12. The Hall–Kier alpha value is -3.21. The van der Waals surface area contributed by atoms with E-state index in [9.17, 15) is 13.2 Å². The Balaban J connectivity index is 1.44. The van der Waals surface area contributed by atoms with E-state index in [0.717, 1.165) is 29.2 Å². The van der Waals surface area contributed by atoms with Gasteiger partial charge in [0.1, 0.15) is 11.5 Å². The molecule has 2 aliphatic heterocycles. The van der Waals surface area contributed by atoms with Gasteiger partial charge in [0.15, 0.2) is 5.82 Å². The lowest BCUT2D eigenvalue weighted by atomic mass is 9.94. The third kappa shape index (κ3) is 3.15. The predicted molar refractivity (Wildman–Crippen MR) is 104 cm³/mol. The number of morpholine rings is 1. The summed E-state index contributed by atoms with van der Waals surface area (Å²) < 4.78 is 44.5. The van der Waals surface area contributed by atoms with Crippen LogP contribution in [-0.4, -0.2) is 45.5 Å². The van der Waals surface area contributed by atoms with Gasteiger partial charge in [-0.05, 0) is 25.1 Å². The number of nitrogens with two attached hydrogens (primary N) is 1. The molecule has 3 N–H and O–H groups in total. The minimum absolute atomic E-state index is 0.00415. The number of halogens is 3. The van der Waals surface area contributed by atoms with E-state index in [2.05, 4.69) is 30.4 Å². The van der Waals surface area contributed by atoms with E-state index in [0.29, 0.717) is 24.2 Å². The second-order valence-corrected chi connectivity index (χ2v) is 7.44. The van der Waals surface area contributed by atoms with Crippen molar-refractivity contribution in [2.75, 3.05) is 29.1 Å². The van der Waals surface area contributed by atoms with Gasteiger partial charge in [-0.15, -0.1) is 5.10 Å². The van der Waals surface area contributed by atoms with Gasteiger partial charge in [0.05, 0.1) is 36.7 Å². The first-order valence-electron chi connectivity index (χ1n) is 9.38. The summed E-state index contributed by atoms with van der Waals surface area (Å²) in [4.78, 5) is 10.4. The number of alkyl halides is 3. The lowest BCUT2D eigenvalue weighted by Crippen LogP contribution is -2.71. The van der Waals surface area contributed by atoms with Crippen LogP contribution < -0.4 is 16.0 Å². The Labute approximate surface area is 169 Å². The van der Waals surface area contributed by atoms with Crippen molar-refractivity contribution in [1.82, 2.24) is 20.2 Å². The first-order valence-corrected chi connectivity index (χ1v) is 9.38. The van der Waals surface area contributed by atoms with Gasteiger partial charge in [0.2, 0.25) is 0 Å². The molecule has 0 radical (unpaired) electrons. The van der Waals surface area contributed by atoms with Crippen LogP contribution in [0.5, 0.6) is 0 Å². The number of pyridine rings is 2. The molecule has 2 saturated heterocycles. The van der Waals surface area contributed by atoms with E-state index in [4.69, 9.17) is 10.5 Å². The fourth-order valence-electron chi connectivity index (χ4n) is 3.71. The number of rotatable bonds is 4. The van der Waals surface area contributed by atoms with Crippen LogP contribution in [-0.2, 0) is 17.5 Å². The van der Waals surface area contributed by atoms with Crippen LogP contribution in [0.2, 0.25) is 0 Å². The van der Waals surface area contributed by atoms with Crippen molar-refractivity contribution in [1.29, 1.82) is 0 Å². The minimum Gasteiger partial charge on any atom is -0.399 e. The molecule has 2 fully saturated rings. The fraction of sp³-hybridized carbons (Fsp3) is 0.368. The van der Waals surface area contributed by atoms with Crippen molar-refractivity contribution in [2.24, 2.45) is 0 Å². The molecule has 0 aromatic carbocycles. The van der Waals surface area contributed by atoms with Gasteiger partial charge >= 0.3 is 6.18 Å². The zero-order valence-electron chi connectivity index (χ0n) is 15.9. The molecule has 5 heterocycles. The number of hydrogen-bond donors (Lipinski definition) is 2. The highest BCUT2D eigenvalue weighted by atomic mass is 19.4. The van der Waals surface area contributed by atoms with Crippen molar-refractivity contribution < 1.29 is 17.9 Å². The number of nitrogen functional groups attached to an aromatic ring is 1. The average molecular weight is 417 g/mol. The molecule has 156 valence electrons. The summed E-state index contributed by atoms with van der Waals surface area (Å²) in [6, 6.07) is 4.48. The molecular weight excluding hydrogens is 399 g/mol. The summed E-state index contributed by atoms with van der Waals surface area (Å²) in [6.07, 6.45) is -2.55. The number of anilines is 3. The number of nitrogens with zero attached hydrogens (tertiary/aromatic N) is 5. The Bertz CT molecular complexity index is 1140. The quantitative estimate of drug-likeness (QED) is 0.668. The van der Waals surface area contributed by atoms with Crippen LogP contribution in [0.25, 0.3) is 10.8 Å². The van der Waals surface area contributed by atoms with Crippen molar-refractivity contribution in [3.63, 3.8) is 0 Å².